The highest BCUT2D eigenvalue weighted by atomic mass is 19.1. The topological polar surface area (TPSA) is 38.3 Å². The summed E-state index contributed by atoms with van der Waals surface area (Å²) < 4.78 is 19.1. The number of hydrogen-bond donors (Lipinski definition) is 1. The summed E-state index contributed by atoms with van der Waals surface area (Å²) in [4.78, 5) is 12.1. The van der Waals surface area contributed by atoms with Gasteiger partial charge in [0, 0.05) is 12.1 Å². The van der Waals surface area contributed by atoms with E-state index in [4.69, 9.17) is 4.74 Å². The van der Waals surface area contributed by atoms with E-state index in [0.717, 1.165) is 23.3 Å². The highest BCUT2D eigenvalue weighted by Crippen LogP contribution is 2.28. The van der Waals surface area contributed by atoms with Crippen LogP contribution >= 0.6 is 0 Å². The molecule has 0 saturated heterocycles. The second kappa shape index (κ2) is 4.96. The Morgan fingerprint density at radius 3 is 2.90 bits per heavy atom. The lowest BCUT2D eigenvalue weighted by molar-refractivity contribution is 0.102. The summed E-state index contributed by atoms with van der Waals surface area (Å²) in [5.74, 6) is -0.0992. The van der Waals surface area contributed by atoms with E-state index in [1.54, 1.807) is 19.1 Å². The molecule has 0 aliphatic carbocycles. The average Bonchev–Trinajstić information content (AvgIpc) is 2.85. The maximum absolute atomic E-state index is 13.7. The van der Waals surface area contributed by atoms with Crippen molar-refractivity contribution in [3.05, 3.63) is 58.9 Å². The van der Waals surface area contributed by atoms with E-state index in [1.165, 1.54) is 12.1 Å². The number of hydrogen-bond acceptors (Lipinski definition) is 2. The van der Waals surface area contributed by atoms with Crippen LogP contribution in [-0.2, 0) is 6.42 Å². The van der Waals surface area contributed by atoms with E-state index in [-0.39, 0.29) is 5.56 Å². The summed E-state index contributed by atoms with van der Waals surface area (Å²) in [5.41, 5.74) is 2.55. The fraction of sp³-hybridized carbons (Fsp3) is 0.188. The van der Waals surface area contributed by atoms with Gasteiger partial charge in [0.15, 0.2) is 0 Å². The molecular weight excluding hydrogens is 257 g/mol. The second-order valence-corrected chi connectivity index (χ2v) is 4.86. The lowest BCUT2D eigenvalue weighted by Crippen LogP contribution is -2.13. The third-order valence-electron chi connectivity index (χ3n) is 3.32. The lowest BCUT2D eigenvalue weighted by Gasteiger charge is -2.08. The van der Waals surface area contributed by atoms with Gasteiger partial charge in [-0.05, 0) is 48.4 Å². The quantitative estimate of drug-likeness (QED) is 0.910. The zero-order chi connectivity index (χ0) is 14.1. The zero-order valence-electron chi connectivity index (χ0n) is 11.1. The number of aryl methyl sites for hydroxylation is 1. The van der Waals surface area contributed by atoms with Crippen LogP contribution in [0.2, 0.25) is 0 Å². The van der Waals surface area contributed by atoms with E-state index in [1.807, 2.05) is 12.1 Å². The smallest absolute Gasteiger partial charge is 0.258 e. The molecule has 1 aliphatic heterocycles. The molecule has 0 spiro atoms. The van der Waals surface area contributed by atoms with Gasteiger partial charge >= 0.3 is 0 Å². The Bertz CT molecular complexity index is 682. The summed E-state index contributed by atoms with van der Waals surface area (Å²) in [6.45, 7) is 2.45. The van der Waals surface area contributed by atoms with E-state index >= 15 is 0 Å². The third kappa shape index (κ3) is 2.37. The highest BCUT2D eigenvalue weighted by Gasteiger charge is 2.15. The molecule has 3 nitrogen and oxygen atoms in total. The Labute approximate surface area is 116 Å². The number of amides is 1. The Kier molecular flexibility index (Phi) is 3.14. The van der Waals surface area contributed by atoms with Crippen molar-refractivity contribution in [3.63, 3.8) is 0 Å². The zero-order valence-corrected chi connectivity index (χ0v) is 11.1. The molecular formula is C16H14FNO2. The van der Waals surface area contributed by atoms with Gasteiger partial charge in [0.05, 0.1) is 12.2 Å². The molecule has 0 radical (unpaired) electrons. The summed E-state index contributed by atoms with van der Waals surface area (Å²) in [5, 5.41) is 2.71. The molecule has 1 heterocycles. The van der Waals surface area contributed by atoms with Gasteiger partial charge in [0.25, 0.3) is 5.91 Å². The second-order valence-electron chi connectivity index (χ2n) is 4.86. The maximum atomic E-state index is 13.7. The van der Waals surface area contributed by atoms with Crippen molar-refractivity contribution in [3.8, 4) is 5.75 Å². The van der Waals surface area contributed by atoms with Crippen molar-refractivity contribution >= 4 is 11.6 Å². The predicted molar refractivity (Wildman–Crippen MR) is 74.7 cm³/mol. The normalized spacial score (nSPS) is 12.7. The van der Waals surface area contributed by atoms with Crippen LogP contribution in [0.4, 0.5) is 10.1 Å². The number of rotatable bonds is 2. The molecule has 0 unspecified atom stereocenters. The van der Waals surface area contributed by atoms with Gasteiger partial charge in [-0.15, -0.1) is 0 Å². The molecule has 1 amide bonds. The van der Waals surface area contributed by atoms with E-state index in [9.17, 15) is 9.18 Å². The van der Waals surface area contributed by atoms with Gasteiger partial charge in [-0.2, -0.15) is 0 Å². The molecule has 0 saturated carbocycles. The molecule has 3 rings (SSSR count). The largest absolute Gasteiger partial charge is 0.493 e. The summed E-state index contributed by atoms with van der Waals surface area (Å²) in [7, 11) is 0. The van der Waals surface area contributed by atoms with Gasteiger partial charge in [0.2, 0.25) is 0 Å². The molecule has 20 heavy (non-hydrogen) atoms. The first-order valence-electron chi connectivity index (χ1n) is 6.47. The Hall–Kier alpha value is -2.36. The van der Waals surface area contributed by atoms with Crippen LogP contribution in [0.5, 0.6) is 5.75 Å². The number of nitrogens with one attached hydrogen (secondary N) is 1. The predicted octanol–water partition coefficient (Wildman–Crippen LogP) is 3.32. The summed E-state index contributed by atoms with van der Waals surface area (Å²) in [6.07, 6.45) is 0.831. The van der Waals surface area contributed by atoms with E-state index in [2.05, 4.69) is 5.32 Å². The molecule has 2 aromatic rings. The molecule has 1 N–H and O–H groups in total. The van der Waals surface area contributed by atoms with Crippen molar-refractivity contribution in [2.24, 2.45) is 0 Å². The SMILES string of the molecule is Cc1ccc(C(=O)Nc2ccc3c(c2)CCO3)c(F)c1. The maximum Gasteiger partial charge on any atom is 0.258 e. The average molecular weight is 271 g/mol. The van der Waals surface area contributed by atoms with Crippen LogP contribution in [0, 0.1) is 12.7 Å². The van der Waals surface area contributed by atoms with Gasteiger partial charge in [-0.1, -0.05) is 6.07 Å². The van der Waals surface area contributed by atoms with Crippen molar-refractivity contribution < 1.29 is 13.9 Å². The minimum atomic E-state index is -0.507. The van der Waals surface area contributed by atoms with Crippen LogP contribution in [0.15, 0.2) is 36.4 Å². The number of ether oxygens (including phenoxy) is 1. The fourth-order valence-corrected chi connectivity index (χ4v) is 2.27. The van der Waals surface area contributed by atoms with Crippen molar-refractivity contribution in [2.75, 3.05) is 11.9 Å². The first-order chi connectivity index (χ1) is 9.63. The van der Waals surface area contributed by atoms with Crippen LogP contribution in [0.25, 0.3) is 0 Å². The van der Waals surface area contributed by atoms with Crippen LogP contribution in [0.3, 0.4) is 0 Å². The molecule has 0 fully saturated rings. The molecule has 4 heteroatoms. The number of carbonyl (C=O) groups is 1. The van der Waals surface area contributed by atoms with Gasteiger partial charge in [-0.3, -0.25) is 4.79 Å². The van der Waals surface area contributed by atoms with Crippen LogP contribution in [-0.4, -0.2) is 12.5 Å². The molecule has 2 aromatic carbocycles. The summed E-state index contributed by atoms with van der Waals surface area (Å²) >= 11 is 0. The number of fused-ring (bicyclic) bond motifs is 1. The molecule has 1 aliphatic rings. The summed E-state index contributed by atoms with van der Waals surface area (Å²) in [6, 6.07) is 10.0. The van der Waals surface area contributed by atoms with Crippen LogP contribution in [0.1, 0.15) is 21.5 Å². The first kappa shape index (κ1) is 12.7. The minimum absolute atomic E-state index is 0.0485. The fourth-order valence-electron chi connectivity index (χ4n) is 2.27. The Morgan fingerprint density at radius 1 is 1.25 bits per heavy atom. The number of benzene rings is 2. The standard InChI is InChI=1S/C16H14FNO2/c1-10-2-4-13(14(17)8-10)16(19)18-12-3-5-15-11(9-12)6-7-20-15/h2-5,8-9H,6-7H2,1H3,(H,18,19). The molecule has 102 valence electrons. The molecule has 0 aromatic heterocycles. The number of anilines is 1. The Balaban J connectivity index is 1.82. The van der Waals surface area contributed by atoms with Crippen molar-refractivity contribution in [2.45, 2.75) is 13.3 Å². The Morgan fingerprint density at radius 2 is 2.10 bits per heavy atom. The molecule has 0 bridgehead atoms. The van der Waals surface area contributed by atoms with Crippen LogP contribution < -0.4 is 10.1 Å². The van der Waals surface area contributed by atoms with Gasteiger partial charge in [0.1, 0.15) is 11.6 Å². The number of halogens is 1. The monoisotopic (exact) mass is 271 g/mol. The van der Waals surface area contributed by atoms with Gasteiger partial charge in [-0.25, -0.2) is 4.39 Å². The van der Waals surface area contributed by atoms with Gasteiger partial charge < -0.3 is 10.1 Å². The van der Waals surface area contributed by atoms with Crippen molar-refractivity contribution in [1.82, 2.24) is 0 Å². The number of carbonyl (C=O) groups excluding carboxylic acids is 1. The highest BCUT2D eigenvalue weighted by molar-refractivity contribution is 6.04. The lowest BCUT2D eigenvalue weighted by atomic mass is 10.1. The minimum Gasteiger partial charge on any atom is -0.493 e. The van der Waals surface area contributed by atoms with E-state index < -0.39 is 11.7 Å². The van der Waals surface area contributed by atoms with Crippen molar-refractivity contribution in [1.29, 1.82) is 0 Å². The van der Waals surface area contributed by atoms with E-state index in [0.29, 0.717) is 12.3 Å². The first-order valence-corrected chi connectivity index (χ1v) is 6.47. The molecule has 0 atom stereocenters. The third-order valence-corrected chi connectivity index (χ3v) is 3.32.